The first-order chi connectivity index (χ1) is 15.8. The molecule has 0 saturated heterocycles. The van der Waals surface area contributed by atoms with E-state index in [4.69, 9.17) is 14.2 Å². The highest BCUT2D eigenvalue weighted by molar-refractivity contribution is 5.76. The summed E-state index contributed by atoms with van der Waals surface area (Å²) in [4.78, 5) is 14.7. The lowest BCUT2D eigenvalue weighted by molar-refractivity contribution is -0.151. The van der Waals surface area contributed by atoms with Crippen molar-refractivity contribution in [3.05, 3.63) is 42.2 Å². The highest BCUT2D eigenvalue weighted by atomic mass is 16.7. The zero-order chi connectivity index (χ0) is 24.4. The van der Waals surface area contributed by atoms with Crippen LogP contribution in [0.2, 0.25) is 0 Å². The van der Waals surface area contributed by atoms with Gasteiger partial charge in [-0.05, 0) is 44.2 Å². The van der Waals surface area contributed by atoms with Crippen molar-refractivity contribution in [2.24, 2.45) is 5.92 Å². The van der Waals surface area contributed by atoms with Gasteiger partial charge in [-0.2, -0.15) is 5.10 Å². The highest BCUT2D eigenvalue weighted by Crippen LogP contribution is 2.21. The van der Waals surface area contributed by atoms with Gasteiger partial charge in [0.25, 0.3) is 0 Å². The molecule has 0 spiro atoms. The maximum Gasteiger partial charge on any atom is 0.225 e. The average molecular weight is 460 g/mol. The zero-order valence-corrected chi connectivity index (χ0v) is 21.3. The van der Waals surface area contributed by atoms with Gasteiger partial charge in [0.05, 0.1) is 32.4 Å². The number of carbonyl (C=O) groups excluding carboxylic acids is 1. The fraction of sp³-hybridized carbons (Fsp3) is 0.615. The van der Waals surface area contributed by atoms with E-state index in [1.807, 2.05) is 15.8 Å². The molecule has 0 bridgehead atoms. The van der Waals surface area contributed by atoms with Gasteiger partial charge in [-0.1, -0.05) is 38.1 Å². The maximum absolute atomic E-state index is 12.9. The molecule has 0 aliphatic carbocycles. The van der Waals surface area contributed by atoms with Crippen molar-refractivity contribution in [3.8, 4) is 11.1 Å². The number of hydrogen-bond acceptors (Lipinski definition) is 5. The third kappa shape index (κ3) is 8.25. The van der Waals surface area contributed by atoms with E-state index >= 15 is 0 Å². The first-order valence-electron chi connectivity index (χ1n) is 11.8. The van der Waals surface area contributed by atoms with E-state index in [1.165, 1.54) is 5.56 Å². The Morgan fingerprint density at radius 3 is 2.39 bits per heavy atom. The van der Waals surface area contributed by atoms with Gasteiger partial charge in [0.15, 0.2) is 6.29 Å². The molecule has 0 saturated carbocycles. The van der Waals surface area contributed by atoms with Gasteiger partial charge in [-0.15, -0.1) is 0 Å². The Hall–Kier alpha value is -2.22. The van der Waals surface area contributed by atoms with Crippen LogP contribution in [0.3, 0.4) is 0 Å². The molecule has 1 aromatic carbocycles. The topological polar surface area (TPSA) is 65.8 Å². The molecule has 7 nitrogen and oxygen atoms in total. The Morgan fingerprint density at radius 1 is 1.06 bits per heavy atom. The van der Waals surface area contributed by atoms with Gasteiger partial charge in [0, 0.05) is 38.1 Å². The molecule has 0 fully saturated rings. The van der Waals surface area contributed by atoms with Gasteiger partial charge >= 0.3 is 0 Å². The molecule has 184 valence electrons. The maximum atomic E-state index is 12.9. The second-order valence-corrected chi connectivity index (χ2v) is 9.05. The van der Waals surface area contributed by atoms with E-state index in [0.29, 0.717) is 38.1 Å². The predicted octanol–water partition coefficient (Wildman–Crippen LogP) is 4.57. The van der Waals surface area contributed by atoms with E-state index in [1.54, 1.807) is 14.2 Å². The number of rotatable bonds is 14. The van der Waals surface area contributed by atoms with Crippen LogP contribution in [0, 0.1) is 5.92 Å². The first-order valence-corrected chi connectivity index (χ1v) is 11.8. The summed E-state index contributed by atoms with van der Waals surface area (Å²) in [5.74, 6) is 0.392. The summed E-state index contributed by atoms with van der Waals surface area (Å²) in [6.07, 6.45) is 4.68. The summed E-state index contributed by atoms with van der Waals surface area (Å²) < 4.78 is 18.4. The predicted molar refractivity (Wildman–Crippen MR) is 131 cm³/mol. The molecule has 1 atom stereocenters. The smallest absolute Gasteiger partial charge is 0.225 e. The molecule has 0 aliphatic rings. The lowest BCUT2D eigenvalue weighted by atomic mass is 10.0. The van der Waals surface area contributed by atoms with Crippen LogP contribution in [0.1, 0.15) is 52.6 Å². The SMILES string of the molecule is COC(CN(C(=O)CCOCCc1cccc(-c2cnn(C(C)C)c2)c1)C(C)C(C)C)OC. The van der Waals surface area contributed by atoms with Crippen molar-refractivity contribution in [3.63, 3.8) is 0 Å². The number of nitrogens with zero attached hydrogens (tertiary/aromatic N) is 3. The van der Waals surface area contributed by atoms with Crippen LogP contribution in [0.15, 0.2) is 36.7 Å². The third-order valence-corrected chi connectivity index (χ3v) is 6.03. The summed E-state index contributed by atoms with van der Waals surface area (Å²) in [7, 11) is 3.18. The van der Waals surface area contributed by atoms with E-state index < -0.39 is 6.29 Å². The lowest BCUT2D eigenvalue weighted by Crippen LogP contribution is -2.46. The number of carbonyl (C=O) groups is 1. The Morgan fingerprint density at radius 2 is 1.79 bits per heavy atom. The average Bonchev–Trinajstić information content (AvgIpc) is 3.30. The summed E-state index contributed by atoms with van der Waals surface area (Å²) in [6, 6.07) is 8.88. The van der Waals surface area contributed by atoms with Gasteiger partial charge in [0.2, 0.25) is 5.91 Å². The van der Waals surface area contributed by atoms with Crippen LogP contribution in [0.25, 0.3) is 11.1 Å². The Balaban J connectivity index is 1.84. The fourth-order valence-corrected chi connectivity index (χ4v) is 3.53. The Bertz CT molecular complexity index is 846. The molecule has 0 aliphatic heterocycles. The van der Waals surface area contributed by atoms with Crippen LogP contribution in [0.4, 0.5) is 0 Å². The zero-order valence-electron chi connectivity index (χ0n) is 21.3. The Kier molecular flexibility index (Phi) is 11.0. The molecule has 1 amide bonds. The van der Waals surface area contributed by atoms with Crippen molar-refractivity contribution in [1.82, 2.24) is 14.7 Å². The number of benzene rings is 1. The largest absolute Gasteiger partial charge is 0.381 e. The summed E-state index contributed by atoms with van der Waals surface area (Å²) in [6.45, 7) is 11.9. The molecule has 33 heavy (non-hydrogen) atoms. The molecular weight excluding hydrogens is 418 g/mol. The normalized spacial score (nSPS) is 12.7. The minimum Gasteiger partial charge on any atom is -0.381 e. The van der Waals surface area contributed by atoms with Gasteiger partial charge < -0.3 is 19.1 Å². The fourth-order valence-electron chi connectivity index (χ4n) is 3.53. The van der Waals surface area contributed by atoms with Crippen molar-refractivity contribution in [2.75, 3.05) is 34.0 Å². The van der Waals surface area contributed by atoms with Crippen LogP contribution in [-0.4, -0.2) is 66.9 Å². The quantitative estimate of drug-likeness (QED) is 0.306. The van der Waals surface area contributed by atoms with Crippen LogP contribution >= 0.6 is 0 Å². The molecule has 0 radical (unpaired) electrons. The van der Waals surface area contributed by atoms with Gasteiger partial charge in [-0.25, -0.2) is 0 Å². The minimum atomic E-state index is -0.434. The van der Waals surface area contributed by atoms with Gasteiger partial charge in [-0.3, -0.25) is 9.48 Å². The van der Waals surface area contributed by atoms with Crippen molar-refractivity contribution >= 4 is 5.91 Å². The number of ether oxygens (including phenoxy) is 3. The summed E-state index contributed by atoms with van der Waals surface area (Å²) in [5.41, 5.74) is 3.47. The molecule has 1 aromatic heterocycles. The minimum absolute atomic E-state index is 0.0551. The van der Waals surface area contributed by atoms with E-state index in [9.17, 15) is 4.79 Å². The lowest BCUT2D eigenvalue weighted by Gasteiger charge is -2.34. The van der Waals surface area contributed by atoms with Crippen molar-refractivity contribution in [2.45, 2.75) is 65.8 Å². The third-order valence-electron chi connectivity index (χ3n) is 6.03. The van der Waals surface area contributed by atoms with E-state index in [-0.39, 0.29) is 11.9 Å². The molecule has 2 rings (SSSR count). The molecular formula is C26H41N3O4. The second kappa shape index (κ2) is 13.5. The standard InChI is InChI=1S/C26H41N3O4/c1-19(2)21(5)28(18-26(31-6)32-7)25(30)12-14-33-13-11-22-9-8-10-23(15-22)24-16-27-29(17-24)20(3)4/h8-10,15-17,19-21,26H,11-14,18H2,1-7H3. The van der Waals surface area contributed by atoms with E-state index in [2.05, 4.69) is 70.2 Å². The molecule has 2 aromatic rings. The van der Waals surface area contributed by atoms with Crippen LogP contribution in [0.5, 0.6) is 0 Å². The number of aromatic nitrogens is 2. The molecule has 0 N–H and O–H groups in total. The number of methoxy groups -OCH3 is 2. The van der Waals surface area contributed by atoms with Crippen molar-refractivity contribution < 1.29 is 19.0 Å². The van der Waals surface area contributed by atoms with E-state index in [0.717, 1.165) is 17.5 Å². The van der Waals surface area contributed by atoms with Crippen LogP contribution < -0.4 is 0 Å². The van der Waals surface area contributed by atoms with Gasteiger partial charge in [0.1, 0.15) is 0 Å². The van der Waals surface area contributed by atoms with Crippen molar-refractivity contribution in [1.29, 1.82) is 0 Å². The molecule has 7 heteroatoms. The second-order valence-electron chi connectivity index (χ2n) is 9.05. The number of hydrogen-bond donors (Lipinski definition) is 0. The summed E-state index contributed by atoms with van der Waals surface area (Å²) >= 11 is 0. The number of amides is 1. The Labute approximate surface area is 199 Å². The summed E-state index contributed by atoms with van der Waals surface area (Å²) in [5, 5.41) is 4.43. The molecule has 1 unspecified atom stereocenters. The molecule has 1 heterocycles. The van der Waals surface area contributed by atoms with Crippen LogP contribution in [-0.2, 0) is 25.4 Å². The highest BCUT2D eigenvalue weighted by Gasteiger charge is 2.25. The first kappa shape index (κ1) is 27.0. The monoisotopic (exact) mass is 459 g/mol.